The van der Waals surface area contributed by atoms with Gasteiger partial charge in [0.2, 0.25) is 0 Å². The van der Waals surface area contributed by atoms with Gasteiger partial charge in [0.15, 0.2) is 0 Å². The molecule has 0 bridgehead atoms. The number of carbonyl (C=O) groups excluding carboxylic acids is 1. The third-order valence-corrected chi connectivity index (χ3v) is 3.75. The van der Waals surface area contributed by atoms with Gasteiger partial charge in [-0.1, -0.05) is 18.2 Å². The lowest BCUT2D eigenvalue weighted by molar-refractivity contribution is -0.138. The number of thioether (sulfide) groups is 1. The smallest absolute Gasteiger partial charge is 0.416 e. The van der Waals surface area contributed by atoms with E-state index in [1.165, 1.54) is 30.0 Å². The number of hydrogen-bond acceptors (Lipinski definition) is 3. The van der Waals surface area contributed by atoms with Gasteiger partial charge in [0.25, 0.3) is 0 Å². The van der Waals surface area contributed by atoms with Gasteiger partial charge in [0.1, 0.15) is 6.61 Å². The zero-order valence-corrected chi connectivity index (χ0v) is 12.5. The van der Waals surface area contributed by atoms with Crippen molar-refractivity contribution in [2.75, 3.05) is 6.26 Å². The Bertz CT molecular complexity index is 651. The van der Waals surface area contributed by atoms with Crippen LogP contribution in [0.4, 0.5) is 13.2 Å². The predicted molar refractivity (Wildman–Crippen MR) is 78.8 cm³/mol. The van der Waals surface area contributed by atoms with Crippen LogP contribution in [0.2, 0.25) is 0 Å². The van der Waals surface area contributed by atoms with E-state index in [-0.39, 0.29) is 5.56 Å². The number of rotatable bonds is 4. The SMILES string of the molecule is CSc1ccc(C(=O)OCc2ccccc2C(F)(F)F)cc1. The molecule has 0 saturated heterocycles. The molecule has 22 heavy (non-hydrogen) atoms. The van der Waals surface area contributed by atoms with Crippen molar-refractivity contribution >= 4 is 17.7 Å². The first kappa shape index (κ1) is 16.4. The Morgan fingerprint density at radius 2 is 1.73 bits per heavy atom. The highest BCUT2D eigenvalue weighted by Crippen LogP contribution is 2.32. The molecule has 2 nitrogen and oxygen atoms in total. The van der Waals surface area contributed by atoms with Gasteiger partial charge in [-0.25, -0.2) is 4.79 Å². The number of hydrogen-bond donors (Lipinski definition) is 0. The second kappa shape index (κ2) is 6.87. The van der Waals surface area contributed by atoms with E-state index in [2.05, 4.69) is 0 Å². The van der Waals surface area contributed by atoms with Crippen LogP contribution in [0.3, 0.4) is 0 Å². The fraction of sp³-hybridized carbons (Fsp3) is 0.188. The Kier molecular flexibility index (Phi) is 5.13. The standard InChI is InChI=1S/C16H13F3O2S/c1-22-13-8-6-11(7-9-13)15(20)21-10-12-4-2-3-5-14(12)16(17,18)19/h2-9H,10H2,1H3. The molecule has 0 unspecified atom stereocenters. The molecule has 0 N–H and O–H groups in total. The topological polar surface area (TPSA) is 26.3 Å². The molecule has 0 radical (unpaired) electrons. The largest absolute Gasteiger partial charge is 0.457 e. The molecule has 2 aromatic rings. The van der Waals surface area contributed by atoms with Gasteiger partial charge in [0.05, 0.1) is 11.1 Å². The number of benzene rings is 2. The van der Waals surface area contributed by atoms with Gasteiger partial charge in [0, 0.05) is 10.5 Å². The minimum absolute atomic E-state index is 0.0657. The van der Waals surface area contributed by atoms with Crippen LogP contribution in [0.5, 0.6) is 0 Å². The van der Waals surface area contributed by atoms with E-state index in [0.717, 1.165) is 11.0 Å². The summed E-state index contributed by atoms with van der Waals surface area (Å²) in [6, 6.07) is 11.7. The van der Waals surface area contributed by atoms with Gasteiger partial charge in [-0.15, -0.1) is 11.8 Å². The van der Waals surface area contributed by atoms with Crippen LogP contribution in [0.25, 0.3) is 0 Å². The van der Waals surface area contributed by atoms with Crippen molar-refractivity contribution < 1.29 is 22.7 Å². The molecule has 0 aliphatic carbocycles. The average molecular weight is 326 g/mol. The van der Waals surface area contributed by atoms with Crippen molar-refractivity contribution in [2.45, 2.75) is 17.7 Å². The van der Waals surface area contributed by atoms with E-state index in [1.807, 2.05) is 6.26 Å². The van der Waals surface area contributed by atoms with Crippen molar-refractivity contribution in [3.05, 3.63) is 65.2 Å². The number of ether oxygens (including phenoxy) is 1. The highest BCUT2D eigenvalue weighted by Gasteiger charge is 2.33. The molecule has 0 aliphatic heterocycles. The highest BCUT2D eigenvalue weighted by atomic mass is 32.2. The third kappa shape index (κ3) is 4.04. The normalized spacial score (nSPS) is 11.3. The first-order valence-corrected chi connectivity index (χ1v) is 7.60. The second-order valence-electron chi connectivity index (χ2n) is 4.46. The first-order valence-electron chi connectivity index (χ1n) is 6.38. The Hall–Kier alpha value is -1.95. The Balaban J connectivity index is 2.08. The molecule has 0 heterocycles. The maximum atomic E-state index is 12.8. The minimum atomic E-state index is -4.47. The summed E-state index contributed by atoms with van der Waals surface area (Å²) in [6.07, 6.45) is -2.57. The molecular formula is C16H13F3O2S. The summed E-state index contributed by atoms with van der Waals surface area (Å²) in [6.45, 7) is -0.418. The second-order valence-corrected chi connectivity index (χ2v) is 5.34. The van der Waals surface area contributed by atoms with Crippen LogP contribution in [0, 0.1) is 0 Å². The Morgan fingerprint density at radius 1 is 1.09 bits per heavy atom. The molecule has 0 aromatic heterocycles. The van der Waals surface area contributed by atoms with Crippen molar-refractivity contribution in [2.24, 2.45) is 0 Å². The number of carbonyl (C=O) groups is 1. The van der Waals surface area contributed by atoms with E-state index in [0.29, 0.717) is 5.56 Å². The van der Waals surface area contributed by atoms with E-state index < -0.39 is 24.3 Å². The molecule has 0 spiro atoms. The fourth-order valence-electron chi connectivity index (χ4n) is 1.88. The predicted octanol–water partition coefficient (Wildman–Crippen LogP) is 4.78. The Morgan fingerprint density at radius 3 is 2.32 bits per heavy atom. The first-order chi connectivity index (χ1) is 10.4. The summed E-state index contributed by atoms with van der Waals surface area (Å²) in [5.41, 5.74) is -0.549. The quantitative estimate of drug-likeness (QED) is 0.597. The van der Waals surface area contributed by atoms with Crippen LogP contribution in [0.15, 0.2) is 53.4 Å². The summed E-state index contributed by atoms with van der Waals surface area (Å²) in [5.74, 6) is -0.648. The van der Waals surface area contributed by atoms with Gasteiger partial charge < -0.3 is 4.74 Å². The third-order valence-electron chi connectivity index (χ3n) is 3.01. The van der Waals surface area contributed by atoms with E-state index in [9.17, 15) is 18.0 Å². The van der Waals surface area contributed by atoms with Crippen LogP contribution in [-0.4, -0.2) is 12.2 Å². The van der Waals surface area contributed by atoms with Crippen molar-refractivity contribution in [1.82, 2.24) is 0 Å². The molecule has 0 fully saturated rings. The van der Waals surface area contributed by atoms with Crippen LogP contribution in [-0.2, 0) is 17.5 Å². The van der Waals surface area contributed by atoms with Crippen LogP contribution >= 0.6 is 11.8 Å². The van der Waals surface area contributed by atoms with Gasteiger partial charge in [-0.3, -0.25) is 0 Å². The maximum absolute atomic E-state index is 12.8. The molecule has 0 amide bonds. The molecule has 2 rings (SSSR count). The lowest BCUT2D eigenvalue weighted by Gasteiger charge is -2.12. The number of esters is 1. The zero-order chi connectivity index (χ0) is 16.2. The lowest BCUT2D eigenvalue weighted by atomic mass is 10.1. The van der Waals surface area contributed by atoms with Gasteiger partial charge in [-0.2, -0.15) is 13.2 Å². The summed E-state index contributed by atoms with van der Waals surface area (Å²) in [4.78, 5) is 12.9. The average Bonchev–Trinajstić information content (AvgIpc) is 2.52. The molecule has 6 heteroatoms. The Labute approximate surface area is 130 Å². The number of alkyl halides is 3. The summed E-state index contributed by atoms with van der Waals surface area (Å²) in [5, 5.41) is 0. The van der Waals surface area contributed by atoms with Crippen molar-refractivity contribution in [3.63, 3.8) is 0 Å². The summed E-state index contributed by atoms with van der Waals surface area (Å²) >= 11 is 1.53. The monoisotopic (exact) mass is 326 g/mol. The van der Waals surface area contributed by atoms with Crippen LogP contribution in [0.1, 0.15) is 21.5 Å². The van der Waals surface area contributed by atoms with E-state index in [4.69, 9.17) is 4.74 Å². The van der Waals surface area contributed by atoms with Gasteiger partial charge in [-0.05, 0) is 36.6 Å². The fourth-order valence-corrected chi connectivity index (χ4v) is 2.28. The maximum Gasteiger partial charge on any atom is 0.416 e. The van der Waals surface area contributed by atoms with Crippen LogP contribution < -0.4 is 0 Å². The lowest BCUT2D eigenvalue weighted by Crippen LogP contribution is -2.12. The minimum Gasteiger partial charge on any atom is -0.457 e. The summed E-state index contributed by atoms with van der Waals surface area (Å²) in [7, 11) is 0. The molecule has 0 saturated carbocycles. The molecule has 116 valence electrons. The van der Waals surface area contributed by atoms with Crippen molar-refractivity contribution in [1.29, 1.82) is 0 Å². The number of halogens is 3. The molecule has 0 atom stereocenters. The molecule has 2 aromatic carbocycles. The van der Waals surface area contributed by atoms with Gasteiger partial charge >= 0.3 is 12.1 Å². The van der Waals surface area contributed by atoms with E-state index >= 15 is 0 Å². The molecule has 0 aliphatic rings. The van der Waals surface area contributed by atoms with Crippen molar-refractivity contribution in [3.8, 4) is 0 Å². The van der Waals surface area contributed by atoms with E-state index in [1.54, 1.807) is 24.3 Å². The molecular weight excluding hydrogens is 313 g/mol. The highest BCUT2D eigenvalue weighted by molar-refractivity contribution is 7.98. The summed E-state index contributed by atoms with van der Waals surface area (Å²) < 4.78 is 43.5. The zero-order valence-electron chi connectivity index (χ0n) is 11.7.